The third-order valence-electron chi connectivity index (χ3n) is 8.01. The zero-order valence-corrected chi connectivity index (χ0v) is 27.3. The van der Waals surface area contributed by atoms with Gasteiger partial charge in [-0.3, -0.25) is 0 Å². The number of unbranched alkanes of at least 4 members (excludes halogenated alkanes) is 22. The minimum absolute atomic E-state index is 0.257. The molecule has 0 radical (unpaired) electrons. The van der Waals surface area contributed by atoms with Crippen LogP contribution in [0.3, 0.4) is 0 Å². The third kappa shape index (κ3) is 30.6. The van der Waals surface area contributed by atoms with Crippen molar-refractivity contribution in [2.75, 3.05) is 13.2 Å². The predicted molar refractivity (Wildman–Crippen MR) is 171 cm³/mol. The zero-order chi connectivity index (χ0) is 28.9. The largest absolute Gasteiger partial charge is 0.373 e. The van der Waals surface area contributed by atoms with Crippen molar-refractivity contribution >= 4 is 0 Å². The van der Waals surface area contributed by atoms with Gasteiger partial charge < -0.3 is 20.3 Å². The van der Waals surface area contributed by atoms with Crippen molar-refractivity contribution in [3.05, 3.63) is 0 Å². The molecule has 2 atom stereocenters. The second kappa shape index (κ2) is 29.3. The van der Waals surface area contributed by atoms with Gasteiger partial charge in [0, 0.05) is 18.8 Å². The molecule has 0 heterocycles. The van der Waals surface area contributed by atoms with Gasteiger partial charge in [-0.05, 0) is 39.5 Å². The molecule has 3 N–H and O–H groups in total. The lowest BCUT2D eigenvalue weighted by Gasteiger charge is -2.27. The van der Waals surface area contributed by atoms with E-state index in [0.717, 1.165) is 25.7 Å². The molecule has 0 bridgehead atoms. The molecular weight excluding hydrogens is 482 g/mol. The Morgan fingerprint density at radius 1 is 0.513 bits per heavy atom. The Morgan fingerprint density at radius 2 is 0.821 bits per heavy atom. The molecule has 2 unspecified atom stereocenters. The Bertz CT molecular complexity index is 465. The van der Waals surface area contributed by atoms with Gasteiger partial charge >= 0.3 is 0 Å². The number of hydrogen-bond acceptors (Lipinski definition) is 4. The summed E-state index contributed by atoms with van der Waals surface area (Å²) in [6, 6.07) is 0. The summed E-state index contributed by atoms with van der Waals surface area (Å²) < 4.78 is 11.9. The molecule has 0 rings (SSSR count). The van der Waals surface area contributed by atoms with Crippen LogP contribution in [0.5, 0.6) is 0 Å². The first kappa shape index (κ1) is 38.8. The average molecular weight is 556 g/mol. The summed E-state index contributed by atoms with van der Waals surface area (Å²) >= 11 is 0. The second-order valence-electron chi connectivity index (χ2n) is 13.0. The van der Waals surface area contributed by atoms with Crippen LogP contribution in [-0.4, -0.2) is 36.3 Å². The summed E-state index contributed by atoms with van der Waals surface area (Å²) in [5.74, 6) is 0. The lowest BCUT2D eigenvalue weighted by Crippen LogP contribution is -2.37. The summed E-state index contributed by atoms with van der Waals surface area (Å²) in [5, 5.41) is 10.7. The maximum absolute atomic E-state index is 10.7. The van der Waals surface area contributed by atoms with Gasteiger partial charge in [0.25, 0.3) is 0 Å². The maximum atomic E-state index is 10.7. The molecule has 0 aromatic rings. The molecule has 4 nitrogen and oxygen atoms in total. The molecular formula is C35H73NO3. The van der Waals surface area contributed by atoms with E-state index in [1.807, 2.05) is 13.8 Å². The molecule has 0 spiro atoms. The van der Waals surface area contributed by atoms with Crippen LogP contribution in [0.1, 0.15) is 195 Å². The Hall–Kier alpha value is -0.160. The second-order valence-corrected chi connectivity index (χ2v) is 13.0. The first-order valence-corrected chi connectivity index (χ1v) is 17.6. The number of hydrogen-bond donors (Lipinski definition) is 2. The van der Waals surface area contributed by atoms with Crippen LogP contribution in [0.15, 0.2) is 0 Å². The first-order chi connectivity index (χ1) is 18.9. The van der Waals surface area contributed by atoms with Gasteiger partial charge in [0.2, 0.25) is 0 Å². The highest BCUT2D eigenvalue weighted by molar-refractivity contribution is 4.75. The molecule has 0 aliphatic heterocycles. The fourth-order valence-electron chi connectivity index (χ4n) is 5.25. The molecule has 39 heavy (non-hydrogen) atoms. The molecule has 0 fully saturated rings. The van der Waals surface area contributed by atoms with Crippen molar-refractivity contribution in [1.29, 1.82) is 0 Å². The van der Waals surface area contributed by atoms with Crippen LogP contribution >= 0.6 is 0 Å². The van der Waals surface area contributed by atoms with E-state index in [1.54, 1.807) is 0 Å². The number of nitrogens with two attached hydrogens (primary N) is 1. The van der Waals surface area contributed by atoms with E-state index in [2.05, 4.69) is 13.8 Å². The molecule has 236 valence electrons. The topological polar surface area (TPSA) is 64.7 Å². The Balaban J connectivity index is 3.84. The summed E-state index contributed by atoms with van der Waals surface area (Å²) in [6.07, 6.45) is 32.4. The van der Waals surface area contributed by atoms with Gasteiger partial charge in [0.05, 0.1) is 0 Å². The molecule has 4 heteroatoms. The van der Waals surface area contributed by atoms with Gasteiger partial charge in [-0.2, -0.15) is 0 Å². The Morgan fingerprint density at radius 3 is 1.15 bits per heavy atom. The summed E-state index contributed by atoms with van der Waals surface area (Å²) in [5.41, 5.74) is 5.95. The number of ether oxygens (including phenoxy) is 2. The average Bonchev–Trinajstić information content (AvgIpc) is 2.90. The normalized spacial score (nSPS) is 13.7. The minimum Gasteiger partial charge on any atom is -0.373 e. The SMILES string of the molecule is CCCCCCCCCCCCCCOC(O)C(CCC(C)(C)N)OCCCCCCCCCCCCCC. The monoisotopic (exact) mass is 556 g/mol. The molecule has 0 saturated carbocycles. The van der Waals surface area contributed by atoms with E-state index in [1.165, 1.54) is 141 Å². The lowest BCUT2D eigenvalue weighted by molar-refractivity contribution is -0.182. The fourth-order valence-corrected chi connectivity index (χ4v) is 5.25. The van der Waals surface area contributed by atoms with Crippen molar-refractivity contribution < 1.29 is 14.6 Å². The van der Waals surface area contributed by atoms with Crippen LogP contribution in [0.25, 0.3) is 0 Å². The van der Waals surface area contributed by atoms with E-state index in [0.29, 0.717) is 13.2 Å². The predicted octanol–water partition coefficient (Wildman–Crippen LogP) is 10.6. The van der Waals surface area contributed by atoms with Crippen LogP contribution in [-0.2, 0) is 9.47 Å². The van der Waals surface area contributed by atoms with Crippen molar-refractivity contribution in [3.8, 4) is 0 Å². The van der Waals surface area contributed by atoms with E-state index in [4.69, 9.17) is 15.2 Å². The molecule has 0 aliphatic carbocycles. The van der Waals surface area contributed by atoms with Crippen molar-refractivity contribution in [2.45, 2.75) is 213 Å². The zero-order valence-electron chi connectivity index (χ0n) is 27.3. The van der Waals surface area contributed by atoms with Crippen LogP contribution < -0.4 is 5.73 Å². The molecule has 0 aromatic heterocycles. The lowest BCUT2D eigenvalue weighted by atomic mass is 9.97. The third-order valence-corrected chi connectivity index (χ3v) is 8.01. The van der Waals surface area contributed by atoms with Crippen LogP contribution in [0, 0.1) is 0 Å². The molecule has 0 saturated heterocycles. The van der Waals surface area contributed by atoms with Crippen molar-refractivity contribution in [2.24, 2.45) is 5.73 Å². The van der Waals surface area contributed by atoms with E-state index < -0.39 is 6.29 Å². The summed E-state index contributed by atoms with van der Waals surface area (Å²) in [4.78, 5) is 0. The van der Waals surface area contributed by atoms with Crippen molar-refractivity contribution in [1.82, 2.24) is 0 Å². The smallest absolute Gasteiger partial charge is 0.181 e. The van der Waals surface area contributed by atoms with Gasteiger partial charge in [-0.1, -0.05) is 155 Å². The van der Waals surface area contributed by atoms with Gasteiger partial charge in [0.15, 0.2) is 6.29 Å². The maximum Gasteiger partial charge on any atom is 0.181 e. The highest BCUT2D eigenvalue weighted by atomic mass is 16.6. The summed E-state index contributed by atoms with van der Waals surface area (Å²) in [6.45, 7) is 9.95. The van der Waals surface area contributed by atoms with E-state index in [-0.39, 0.29) is 11.6 Å². The summed E-state index contributed by atoms with van der Waals surface area (Å²) in [7, 11) is 0. The van der Waals surface area contributed by atoms with Gasteiger partial charge in [-0.15, -0.1) is 0 Å². The highest BCUT2D eigenvalue weighted by Crippen LogP contribution is 2.18. The Kier molecular flexibility index (Phi) is 29.2. The van der Waals surface area contributed by atoms with Crippen molar-refractivity contribution in [3.63, 3.8) is 0 Å². The molecule has 0 aromatic carbocycles. The standard InChI is InChI=1S/C35H73NO3/c1-5-7-9-11-13-15-17-19-21-23-25-27-31-38-33(29-30-35(3,4)36)34(37)39-32-28-26-24-22-20-18-16-14-12-10-8-6-2/h33-34,37H,5-32,36H2,1-4H3. The van der Waals surface area contributed by atoms with Crippen LogP contribution in [0.2, 0.25) is 0 Å². The van der Waals surface area contributed by atoms with Gasteiger partial charge in [-0.25, -0.2) is 0 Å². The number of aliphatic hydroxyl groups excluding tert-OH is 1. The number of rotatable bonds is 32. The molecule has 0 aliphatic rings. The highest BCUT2D eigenvalue weighted by Gasteiger charge is 2.23. The van der Waals surface area contributed by atoms with Gasteiger partial charge in [0.1, 0.15) is 6.10 Å². The minimum atomic E-state index is -0.850. The van der Waals surface area contributed by atoms with E-state index in [9.17, 15) is 5.11 Å². The molecule has 0 amide bonds. The first-order valence-electron chi connectivity index (χ1n) is 17.6. The fraction of sp³-hybridized carbons (Fsp3) is 1.00. The van der Waals surface area contributed by atoms with E-state index >= 15 is 0 Å². The quantitative estimate of drug-likeness (QED) is 0.0640. The Labute approximate surface area is 246 Å². The van der Waals surface area contributed by atoms with Crippen LogP contribution in [0.4, 0.5) is 0 Å². The number of aliphatic hydroxyl groups is 1.